The largest absolute Gasteiger partial charge is 0.494 e. The second-order valence-electron chi connectivity index (χ2n) is 11.6. The Kier molecular flexibility index (Phi) is 5.45. The van der Waals surface area contributed by atoms with Gasteiger partial charge in [-0.25, -0.2) is 0 Å². The van der Waals surface area contributed by atoms with Gasteiger partial charge in [-0.15, -0.1) is 0 Å². The Balaban J connectivity index is 1.31. The van der Waals surface area contributed by atoms with Crippen molar-refractivity contribution < 1.29 is 9.31 Å². The molecule has 1 heterocycles. The molecule has 0 radical (unpaired) electrons. The first-order chi connectivity index (χ1) is 18.8. The first-order valence-corrected chi connectivity index (χ1v) is 13.7. The first-order valence-electron chi connectivity index (χ1n) is 13.7. The van der Waals surface area contributed by atoms with Gasteiger partial charge in [0.15, 0.2) is 0 Å². The molecule has 0 amide bonds. The molecule has 39 heavy (non-hydrogen) atoms. The Morgan fingerprint density at radius 2 is 0.846 bits per heavy atom. The minimum Gasteiger partial charge on any atom is -0.399 e. The standard InChI is InChI=1S/C36H31BO2/c1-35(2)36(3,4)39-37(38-35)28-14-10-13-26(22-28)24-11-9-12-25(21-24)27-19-20-33-31-17-6-5-15-29(31)30-16-7-8-18-32(30)34(33)23-27/h5-23H,1-4H3. The lowest BCUT2D eigenvalue weighted by molar-refractivity contribution is 0.00578. The third kappa shape index (κ3) is 3.96. The Bertz CT molecular complexity index is 1830. The molecule has 0 aliphatic carbocycles. The molecule has 0 unspecified atom stereocenters. The summed E-state index contributed by atoms with van der Waals surface area (Å²) in [6.07, 6.45) is 0. The molecule has 0 spiro atoms. The van der Waals surface area contributed by atoms with Crippen molar-refractivity contribution in [3.63, 3.8) is 0 Å². The highest BCUT2D eigenvalue weighted by atomic mass is 16.7. The van der Waals surface area contributed by atoms with Crippen LogP contribution in [0.5, 0.6) is 0 Å². The van der Waals surface area contributed by atoms with Crippen LogP contribution in [0.2, 0.25) is 0 Å². The fourth-order valence-corrected chi connectivity index (χ4v) is 5.81. The fourth-order valence-electron chi connectivity index (χ4n) is 5.81. The summed E-state index contributed by atoms with van der Waals surface area (Å²) in [5.41, 5.74) is 5.06. The Morgan fingerprint density at radius 1 is 0.410 bits per heavy atom. The van der Waals surface area contributed by atoms with Crippen LogP contribution >= 0.6 is 0 Å². The van der Waals surface area contributed by atoms with Crippen LogP contribution in [0.1, 0.15) is 27.7 Å². The summed E-state index contributed by atoms with van der Waals surface area (Å²) < 4.78 is 12.6. The summed E-state index contributed by atoms with van der Waals surface area (Å²) in [5.74, 6) is 0. The minimum absolute atomic E-state index is 0.362. The molecule has 6 aromatic rings. The molecule has 6 aromatic carbocycles. The predicted octanol–water partition coefficient (Wildman–Crippen LogP) is 8.78. The Hall–Kier alpha value is -3.92. The normalized spacial score (nSPS) is 16.4. The van der Waals surface area contributed by atoms with Crippen LogP contribution in [0.4, 0.5) is 0 Å². The SMILES string of the molecule is CC1(C)OB(c2cccc(-c3cccc(-c4ccc5c6ccccc6c6ccccc6c5c4)c3)c2)OC1(C)C. The highest BCUT2D eigenvalue weighted by Gasteiger charge is 2.51. The maximum atomic E-state index is 6.32. The quantitative estimate of drug-likeness (QED) is 0.176. The maximum Gasteiger partial charge on any atom is 0.494 e. The monoisotopic (exact) mass is 506 g/mol. The smallest absolute Gasteiger partial charge is 0.399 e. The van der Waals surface area contributed by atoms with Crippen LogP contribution in [0.3, 0.4) is 0 Å². The molecular formula is C36H31BO2. The van der Waals surface area contributed by atoms with Crippen molar-refractivity contribution in [2.24, 2.45) is 0 Å². The molecule has 1 saturated heterocycles. The summed E-state index contributed by atoms with van der Waals surface area (Å²) in [5, 5.41) is 7.77. The summed E-state index contributed by atoms with van der Waals surface area (Å²) in [6.45, 7) is 8.37. The van der Waals surface area contributed by atoms with Crippen molar-refractivity contribution >= 4 is 44.9 Å². The molecule has 2 nitrogen and oxygen atoms in total. The number of hydrogen-bond donors (Lipinski definition) is 0. The van der Waals surface area contributed by atoms with E-state index in [0.717, 1.165) is 11.0 Å². The van der Waals surface area contributed by atoms with Gasteiger partial charge in [-0.3, -0.25) is 0 Å². The molecule has 190 valence electrons. The summed E-state index contributed by atoms with van der Waals surface area (Å²) >= 11 is 0. The van der Waals surface area contributed by atoms with Crippen molar-refractivity contribution in [3.8, 4) is 22.3 Å². The molecule has 1 fully saturated rings. The number of hydrogen-bond acceptors (Lipinski definition) is 2. The lowest BCUT2D eigenvalue weighted by atomic mass is 9.78. The van der Waals surface area contributed by atoms with Crippen molar-refractivity contribution in [3.05, 3.63) is 115 Å². The van der Waals surface area contributed by atoms with Gasteiger partial charge < -0.3 is 9.31 Å². The number of fused-ring (bicyclic) bond motifs is 6. The van der Waals surface area contributed by atoms with E-state index in [2.05, 4.69) is 143 Å². The van der Waals surface area contributed by atoms with Crippen molar-refractivity contribution in [1.29, 1.82) is 0 Å². The van der Waals surface area contributed by atoms with Gasteiger partial charge in [0.2, 0.25) is 0 Å². The van der Waals surface area contributed by atoms with E-state index in [1.807, 2.05) is 0 Å². The van der Waals surface area contributed by atoms with Crippen LogP contribution in [0, 0.1) is 0 Å². The molecular weight excluding hydrogens is 475 g/mol. The van der Waals surface area contributed by atoms with Gasteiger partial charge in [0, 0.05) is 0 Å². The Labute approximate surface area is 230 Å². The van der Waals surface area contributed by atoms with Gasteiger partial charge in [-0.2, -0.15) is 0 Å². The molecule has 0 saturated carbocycles. The average molecular weight is 506 g/mol. The van der Waals surface area contributed by atoms with Gasteiger partial charge >= 0.3 is 7.12 Å². The van der Waals surface area contributed by atoms with E-state index in [0.29, 0.717) is 0 Å². The molecule has 0 atom stereocenters. The van der Waals surface area contributed by atoms with Gasteiger partial charge in [0.05, 0.1) is 11.2 Å². The van der Waals surface area contributed by atoms with Crippen LogP contribution in [-0.4, -0.2) is 18.3 Å². The maximum absolute atomic E-state index is 6.32. The van der Waals surface area contributed by atoms with E-state index in [4.69, 9.17) is 9.31 Å². The van der Waals surface area contributed by atoms with E-state index >= 15 is 0 Å². The zero-order valence-electron chi connectivity index (χ0n) is 22.9. The van der Waals surface area contributed by atoms with Crippen molar-refractivity contribution in [1.82, 2.24) is 0 Å². The number of rotatable bonds is 3. The van der Waals surface area contributed by atoms with Crippen LogP contribution in [-0.2, 0) is 9.31 Å². The van der Waals surface area contributed by atoms with Gasteiger partial charge in [-0.1, -0.05) is 103 Å². The third-order valence-electron chi connectivity index (χ3n) is 8.69. The molecule has 0 aromatic heterocycles. The summed E-state index contributed by atoms with van der Waals surface area (Å²) in [4.78, 5) is 0. The molecule has 0 bridgehead atoms. The second kappa shape index (κ2) is 8.81. The van der Waals surface area contributed by atoms with Gasteiger partial charge in [-0.05, 0) is 99.9 Å². The van der Waals surface area contributed by atoms with Crippen molar-refractivity contribution in [2.75, 3.05) is 0 Å². The molecule has 0 N–H and O–H groups in total. The molecule has 7 rings (SSSR count). The van der Waals surface area contributed by atoms with Crippen molar-refractivity contribution in [2.45, 2.75) is 38.9 Å². The van der Waals surface area contributed by atoms with E-state index in [9.17, 15) is 0 Å². The lowest BCUT2D eigenvalue weighted by Crippen LogP contribution is -2.41. The molecule has 1 aliphatic rings. The predicted molar refractivity (Wildman–Crippen MR) is 166 cm³/mol. The van der Waals surface area contributed by atoms with Crippen LogP contribution in [0.25, 0.3) is 54.6 Å². The zero-order chi connectivity index (χ0) is 26.8. The van der Waals surface area contributed by atoms with E-state index in [-0.39, 0.29) is 18.3 Å². The van der Waals surface area contributed by atoms with E-state index in [1.165, 1.54) is 49.0 Å². The topological polar surface area (TPSA) is 18.5 Å². The number of benzene rings is 6. The van der Waals surface area contributed by atoms with Crippen LogP contribution < -0.4 is 5.46 Å². The summed E-state index contributed by atoms with van der Waals surface area (Å²) in [6, 6.07) is 41.7. The highest BCUT2D eigenvalue weighted by Crippen LogP contribution is 2.38. The molecule has 1 aliphatic heterocycles. The Morgan fingerprint density at radius 3 is 1.41 bits per heavy atom. The zero-order valence-corrected chi connectivity index (χ0v) is 22.9. The van der Waals surface area contributed by atoms with Crippen LogP contribution in [0.15, 0.2) is 115 Å². The third-order valence-corrected chi connectivity index (χ3v) is 8.69. The summed E-state index contributed by atoms with van der Waals surface area (Å²) in [7, 11) is -0.373. The first kappa shape index (κ1) is 24.1. The van der Waals surface area contributed by atoms with E-state index < -0.39 is 0 Å². The fraction of sp³-hybridized carbons (Fsp3) is 0.167. The minimum atomic E-state index is -0.373. The van der Waals surface area contributed by atoms with Gasteiger partial charge in [0.25, 0.3) is 0 Å². The average Bonchev–Trinajstić information content (AvgIpc) is 3.19. The second-order valence-corrected chi connectivity index (χ2v) is 11.6. The lowest BCUT2D eigenvalue weighted by Gasteiger charge is -2.32. The molecule has 3 heteroatoms. The van der Waals surface area contributed by atoms with E-state index in [1.54, 1.807) is 0 Å². The highest BCUT2D eigenvalue weighted by molar-refractivity contribution is 6.62. The van der Waals surface area contributed by atoms with Gasteiger partial charge in [0.1, 0.15) is 0 Å².